The van der Waals surface area contributed by atoms with Crippen molar-refractivity contribution in [2.75, 3.05) is 5.73 Å². The molecule has 3 nitrogen and oxygen atoms in total. The third-order valence-corrected chi connectivity index (χ3v) is 3.10. The summed E-state index contributed by atoms with van der Waals surface area (Å²) in [5, 5.41) is 0. The van der Waals surface area contributed by atoms with E-state index in [9.17, 15) is 0 Å². The van der Waals surface area contributed by atoms with Crippen LogP contribution in [-0.2, 0) is 0 Å². The first-order valence-electron chi connectivity index (χ1n) is 5.26. The maximum absolute atomic E-state index is 5.69. The van der Waals surface area contributed by atoms with Crippen LogP contribution >= 0.6 is 0 Å². The molecule has 2 unspecified atom stereocenters. The van der Waals surface area contributed by atoms with Gasteiger partial charge in [0.1, 0.15) is 5.82 Å². The lowest BCUT2D eigenvalue weighted by atomic mass is 10.1. The highest BCUT2D eigenvalue weighted by atomic mass is 14.9. The molecule has 1 saturated carbocycles. The van der Waals surface area contributed by atoms with Gasteiger partial charge in [-0.15, -0.1) is 0 Å². The van der Waals surface area contributed by atoms with Crippen LogP contribution in [0.5, 0.6) is 0 Å². The smallest absolute Gasteiger partial charge is 0.131 e. The highest BCUT2D eigenvalue weighted by molar-refractivity contribution is 5.39. The minimum atomic E-state index is 0.560. The predicted octanol–water partition coefficient (Wildman–Crippen LogP) is 2.27. The number of nitrogens with zero attached hydrogens (tertiary/aromatic N) is 2. The number of anilines is 1. The largest absolute Gasteiger partial charge is 0.396 e. The van der Waals surface area contributed by atoms with Crippen LogP contribution in [0, 0.1) is 12.8 Å². The standard InChI is InChI=1S/C11H17N3/c1-7-3-4-9(5-7)11-13-6-10(12)8(2)14-11/h6-7,9H,3-5,12H2,1-2H3. The Hall–Kier alpha value is -1.12. The Labute approximate surface area is 84.8 Å². The molecule has 14 heavy (non-hydrogen) atoms. The van der Waals surface area contributed by atoms with Crippen LogP contribution in [0.1, 0.15) is 43.6 Å². The van der Waals surface area contributed by atoms with Crippen molar-refractivity contribution in [2.24, 2.45) is 5.92 Å². The van der Waals surface area contributed by atoms with E-state index in [1.807, 2.05) is 6.92 Å². The lowest BCUT2D eigenvalue weighted by Gasteiger charge is -2.09. The third kappa shape index (κ3) is 1.72. The molecule has 1 aliphatic rings. The van der Waals surface area contributed by atoms with Gasteiger partial charge in [0.25, 0.3) is 0 Å². The van der Waals surface area contributed by atoms with Gasteiger partial charge >= 0.3 is 0 Å². The fraction of sp³-hybridized carbons (Fsp3) is 0.636. The first-order chi connectivity index (χ1) is 6.66. The van der Waals surface area contributed by atoms with Crippen molar-refractivity contribution in [2.45, 2.75) is 39.0 Å². The molecular formula is C11H17N3. The molecule has 0 spiro atoms. The summed E-state index contributed by atoms with van der Waals surface area (Å²) in [4.78, 5) is 8.77. The molecular weight excluding hydrogens is 174 g/mol. The van der Waals surface area contributed by atoms with E-state index < -0.39 is 0 Å². The summed E-state index contributed by atoms with van der Waals surface area (Å²) in [7, 11) is 0. The second-order valence-corrected chi connectivity index (χ2v) is 4.38. The Morgan fingerprint density at radius 3 is 2.79 bits per heavy atom. The number of aromatic nitrogens is 2. The topological polar surface area (TPSA) is 51.8 Å². The van der Waals surface area contributed by atoms with E-state index in [0.717, 1.165) is 17.4 Å². The Balaban J connectivity index is 2.20. The highest BCUT2D eigenvalue weighted by Crippen LogP contribution is 2.36. The van der Waals surface area contributed by atoms with Crippen molar-refractivity contribution in [1.29, 1.82) is 0 Å². The number of aryl methyl sites for hydroxylation is 1. The molecule has 0 aromatic carbocycles. The van der Waals surface area contributed by atoms with Crippen molar-refractivity contribution >= 4 is 5.69 Å². The SMILES string of the molecule is Cc1nc(C2CCC(C)C2)ncc1N. The number of hydrogen-bond acceptors (Lipinski definition) is 3. The zero-order valence-corrected chi connectivity index (χ0v) is 8.83. The van der Waals surface area contributed by atoms with Crippen molar-refractivity contribution in [3.63, 3.8) is 0 Å². The molecule has 1 aromatic heterocycles. The Morgan fingerprint density at radius 2 is 2.21 bits per heavy atom. The zero-order valence-electron chi connectivity index (χ0n) is 8.83. The second kappa shape index (κ2) is 3.56. The molecule has 0 saturated heterocycles. The molecule has 1 fully saturated rings. The molecule has 2 N–H and O–H groups in total. The van der Waals surface area contributed by atoms with E-state index >= 15 is 0 Å². The van der Waals surface area contributed by atoms with Gasteiger partial charge in [0.2, 0.25) is 0 Å². The summed E-state index contributed by atoms with van der Waals surface area (Å²) in [6.45, 7) is 4.24. The van der Waals surface area contributed by atoms with Gasteiger partial charge in [-0.05, 0) is 32.1 Å². The summed E-state index contributed by atoms with van der Waals surface area (Å²) < 4.78 is 0. The molecule has 1 heterocycles. The Morgan fingerprint density at radius 1 is 1.43 bits per heavy atom. The molecule has 3 heteroatoms. The van der Waals surface area contributed by atoms with E-state index in [2.05, 4.69) is 16.9 Å². The van der Waals surface area contributed by atoms with Crippen molar-refractivity contribution in [1.82, 2.24) is 9.97 Å². The molecule has 1 aromatic rings. The van der Waals surface area contributed by atoms with E-state index in [-0.39, 0.29) is 0 Å². The van der Waals surface area contributed by atoms with Crippen LogP contribution in [0.25, 0.3) is 0 Å². The monoisotopic (exact) mass is 191 g/mol. The molecule has 2 atom stereocenters. The molecule has 76 valence electrons. The average Bonchev–Trinajstić information content (AvgIpc) is 2.57. The first-order valence-corrected chi connectivity index (χ1v) is 5.26. The van der Waals surface area contributed by atoms with E-state index in [0.29, 0.717) is 11.6 Å². The fourth-order valence-corrected chi connectivity index (χ4v) is 2.13. The number of hydrogen-bond donors (Lipinski definition) is 1. The van der Waals surface area contributed by atoms with Gasteiger partial charge in [0.15, 0.2) is 0 Å². The van der Waals surface area contributed by atoms with Crippen molar-refractivity contribution < 1.29 is 0 Å². The van der Waals surface area contributed by atoms with E-state index in [1.54, 1.807) is 6.20 Å². The first kappa shape index (κ1) is 9.44. The number of nitrogen functional groups attached to an aromatic ring is 1. The Bertz CT molecular complexity index is 335. The quantitative estimate of drug-likeness (QED) is 0.740. The van der Waals surface area contributed by atoms with Crippen LogP contribution in [0.2, 0.25) is 0 Å². The van der Waals surface area contributed by atoms with Crippen molar-refractivity contribution in [3.8, 4) is 0 Å². The fourth-order valence-electron chi connectivity index (χ4n) is 2.13. The van der Waals surface area contributed by atoms with Crippen LogP contribution in [0.4, 0.5) is 5.69 Å². The molecule has 0 bridgehead atoms. The maximum Gasteiger partial charge on any atom is 0.131 e. The second-order valence-electron chi connectivity index (χ2n) is 4.38. The van der Waals surface area contributed by atoms with E-state index in [4.69, 9.17) is 5.73 Å². The van der Waals surface area contributed by atoms with Gasteiger partial charge in [-0.1, -0.05) is 6.92 Å². The van der Waals surface area contributed by atoms with Gasteiger partial charge in [-0.25, -0.2) is 9.97 Å². The van der Waals surface area contributed by atoms with Crippen LogP contribution in [0.15, 0.2) is 6.20 Å². The summed E-state index contributed by atoms with van der Waals surface area (Å²) in [6, 6.07) is 0. The highest BCUT2D eigenvalue weighted by Gasteiger charge is 2.24. The third-order valence-electron chi connectivity index (χ3n) is 3.10. The van der Waals surface area contributed by atoms with Gasteiger partial charge in [-0.2, -0.15) is 0 Å². The molecule has 2 rings (SSSR count). The van der Waals surface area contributed by atoms with Gasteiger partial charge < -0.3 is 5.73 Å². The predicted molar refractivity (Wildman–Crippen MR) is 56.9 cm³/mol. The van der Waals surface area contributed by atoms with Crippen LogP contribution in [-0.4, -0.2) is 9.97 Å². The number of rotatable bonds is 1. The lowest BCUT2D eigenvalue weighted by molar-refractivity contribution is 0.584. The lowest BCUT2D eigenvalue weighted by Crippen LogP contribution is -2.04. The minimum absolute atomic E-state index is 0.560. The van der Waals surface area contributed by atoms with Gasteiger partial charge in [-0.3, -0.25) is 0 Å². The van der Waals surface area contributed by atoms with Crippen LogP contribution < -0.4 is 5.73 Å². The van der Waals surface area contributed by atoms with Gasteiger partial charge in [0.05, 0.1) is 17.6 Å². The van der Waals surface area contributed by atoms with Gasteiger partial charge in [0, 0.05) is 5.92 Å². The molecule has 0 amide bonds. The Kier molecular flexibility index (Phi) is 2.40. The number of nitrogens with two attached hydrogens (primary N) is 1. The average molecular weight is 191 g/mol. The van der Waals surface area contributed by atoms with E-state index in [1.165, 1.54) is 19.3 Å². The normalized spacial score (nSPS) is 26.7. The summed E-state index contributed by atoms with van der Waals surface area (Å²) in [5.74, 6) is 2.37. The molecule has 1 aliphatic carbocycles. The summed E-state index contributed by atoms with van der Waals surface area (Å²) >= 11 is 0. The molecule has 0 radical (unpaired) electrons. The minimum Gasteiger partial charge on any atom is -0.396 e. The summed E-state index contributed by atoms with van der Waals surface area (Å²) in [6.07, 6.45) is 5.49. The van der Waals surface area contributed by atoms with Crippen molar-refractivity contribution in [3.05, 3.63) is 17.7 Å². The summed E-state index contributed by atoms with van der Waals surface area (Å²) in [5.41, 5.74) is 7.30. The maximum atomic E-state index is 5.69. The van der Waals surface area contributed by atoms with Crippen LogP contribution in [0.3, 0.4) is 0 Å². The molecule has 0 aliphatic heterocycles. The zero-order chi connectivity index (χ0) is 10.1.